The first kappa shape index (κ1) is 17.5. The van der Waals surface area contributed by atoms with Crippen molar-refractivity contribution in [3.05, 3.63) is 34.9 Å². The molecule has 1 aromatic rings. The van der Waals surface area contributed by atoms with E-state index in [4.69, 9.17) is 11.6 Å². The molecule has 0 aliphatic rings. The van der Waals surface area contributed by atoms with Crippen molar-refractivity contribution < 1.29 is 14.7 Å². The van der Waals surface area contributed by atoms with Crippen LogP contribution < -0.4 is 5.32 Å². The number of hydrogen-bond donors (Lipinski definition) is 2. The van der Waals surface area contributed by atoms with Crippen LogP contribution in [0.3, 0.4) is 0 Å². The molecule has 1 unspecified atom stereocenters. The Labute approximate surface area is 130 Å². The molecular weight excluding hydrogens is 290 g/mol. The van der Waals surface area contributed by atoms with E-state index in [-0.39, 0.29) is 17.7 Å². The van der Waals surface area contributed by atoms with Crippen LogP contribution >= 0.6 is 11.6 Å². The molecule has 1 amide bonds. The van der Waals surface area contributed by atoms with Gasteiger partial charge < -0.3 is 10.4 Å². The Bertz CT molecular complexity index is 497. The molecule has 0 aliphatic heterocycles. The Hall–Kier alpha value is -1.55. The quantitative estimate of drug-likeness (QED) is 0.847. The highest BCUT2D eigenvalue weighted by atomic mass is 35.5. The van der Waals surface area contributed by atoms with Crippen molar-refractivity contribution in [1.82, 2.24) is 5.32 Å². The molecule has 1 aromatic carbocycles. The zero-order chi connectivity index (χ0) is 16.2. The minimum atomic E-state index is -1.02. The molecule has 0 radical (unpaired) electrons. The van der Waals surface area contributed by atoms with Crippen LogP contribution in [0, 0.1) is 11.8 Å². The van der Waals surface area contributed by atoms with Gasteiger partial charge in [0.05, 0.1) is 5.92 Å². The molecule has 5 heteroatoms. The normalized spacial score (nSPS) is 14.0. The predicted molar refractivity (Wildman–Crippen MR) is 83.4 cm³/mol. The summed E-state index contributed by atoms with van der Waals surface area (Å²) in [6.07, 6.45) is 0. The van der Waals surface area contributed by atoms with Crippen molar-refractivity contribution in [3.63, 3.8) is 0 Å². The number of carboxylic acid groups (broad SMARTS) is 1. The maximum Gasteiger partial charge on any atom is 0.326 e. The smallest absolute Gasteiger partial charge is 0.326 e. The van der Waals surface area contributed by atoms with Crippen LogP contribution in [0.4, 0.5) is 0 Å². The standard InChI is InChI=1S/C16H22ClNO3/c1-9(2)13(11-5-7-12(17)8-6-11)15(19)18-14(10(3)4)16(20)21/h5-10,13-14H,1-4H3,(H,18,19)(H,20,21)/t13?,14-/m1/s1. The fourth-order valence-corrected chi connectivity index (χ4v) is 2.39. The van der Waals surface area contributed by atoms with Crippen molar-refractivity contribution in [2.75, 3.05) is 0 Å². The van der Waals surface area contributed by atoms with E-state index in [0.29, 0.717) is 5.02 Å². The van der Waals surface area contributed by atoms with Crippen LogP contribution in [0.5, 0.6) is 0 Å². The minimum absolute atomic E-state index is 0.0489. The van der Waals surface area contributed by atoms with E-state index < -0.39 is 17.9 Å². The minimum Gasteiger partial charge on any atom is -0.480 e. The summed E-state index contributed by atoms with van der Waals surface area (Å²) in [5.74, 6) is -1.81. The van der Waals surface area contributed by atoms with E-state index in [2.05, 4.69) is 5.32 Å². The van der Waals surface area contributed by atoms with Gasteiger partial charge in [0.2, 0.25) is 5.91 Å². The van der Waals surface area contributed by atoms with Crippen molar-refractivity contribution in [2.45, 2.75) is 39.7 Å². The van der Waals surface area contributed by atoms with Crippen LogP contribution in [-0.4, -0.2) is 23.0 Å². The summed E-state index contributed by atoms with van der Waals surface area (Å²) in [7, 11) is 0. The summed E-state index contributed by atoms with van der Waals surface area (Å²) in [5.41, 5.74) is 0.833. The van der Waals surface area contributed by atoms with Gasteiger partial charge in [-0.25, -0.2) is 4.79 Å². The van der Waals surface area contributed by atoms with Gasteiger partial charge in [-0.05, 0) is 29.5 Å². The number of hydrogen-bond acceptors (Lipinski definition) is 2. The molecule has 0 heterocycles. The van der Waals surface area contributed by atoms with Crippen LogP contribution in [0.25, 0.3) is 0 Å². The highest BCUT2D eigenvalue weighted by molar-refractivity contribution is 6.30. The fourth-order valence-electron chi connectivity index (χ4n) is 2.27. The number of benzene rings is 1. The van der Waals surface area contributed by atoms with E-state index in [1.165, 1.54) is 0 Å². The monoisotopic (exact) mass is 311 g/mol. The van der Waals surface area contributed by atoms with Gasteiger partial charge in [-0.15, -0.1) is 0 Å². The predicted octanol–water partition coefficient (Wildman–Crippen LogP) is 3.31. The number of carboxylic acids is 1. The van der Waals surface area contributed by atoms with Crippen molar-refractivity contribution in [1.29, 1.82) is 0 Å². The van der Waals surface area contributed by atoms with Gasteiger partial charge >= 0.3 is 5.97 Å². The Morgan fingerprint density at radius 3 is 1.95 bits per heavy atom. The summed E-state index contributed by atoms with van der Waals surface area (Å²) >= 11 is 5.86. The third kappa shape index (κ3) is 4.74. The SMILES string of the molecule is CC(C)C(C(=O)N[C@@H](C(=O)O)C(C)C)c1ccc(Cl)cc1. The van der Waals surface area contributed by atoms with Gasteiger partial charge in [0.1, 0.15) is 6.04 Å². The highest BCUT2D eigenvalue weighted by Gasteiger charge is 2.30. The number of carbonyl (C=O) groups excluding carboxylic acids is 1. The molecule has 0 aliphatic carbocycles. The first-order chi connectivity index (χ1) is 9.73. The van der Waals surface area contributed by atoms with Crippen LogP contribution in [0.1, 0.15) is 39.2 Å². The number of halogens is 1. The summed E-state index contributed by atoms with van der Waals surface area (Å²) in [6, 6.07) is 6.19. The third-order valence-corrected chi connectivity index (χ3v) is 3.66. The summed E-state index contributed by atoms with van der Waals surface area (Å²) in [6.45, 7) is 7.41. The summed E-state index contributed by atoms with van der Waals surface area (Å²) < 4.78 is 0. The molecule has 4 nitrogen and oxygen atoms in total. The molecule has 21 heavy (non-hydrogen) atoms. The molecule has 0 bridgehead atoms. The highest BCUT2D eigenvalue weighted by Crippen LogP contribution is 2.26. The Morgan fingerprint density at radius 2 is 1.57 bits per heavy atom. The number of rotatable bonds is 6. The van der Waals surface area contributed by atoms with Gasteiger partial charge in [-0.3, -0.25) is 4.79 Å². The molecule has 0 saturated carbocycles. The molecule has 0 aromatic heterocycles. The lowest BCUT2D eigenvalue weighted by Crippen LogP contribution is -2.46. The van der Waals surface area contributed by atoms with E-state index in [1.807, 2.05) is 13.8 Å². The van der Waals surface area contributed by atoms with Gasteiger partial charge in [0.25, 0.3) is 0 Å². The van der Waals surface area contributed by atoms with E-state index >= 15 is 0 Å². The van der Waals surface area contributed by atoms with Crippen LogP contribution in [0.15, 0.2) is 24.3 Å². The van der Waals surface area contributed by atoms with Gasteiger partial charge in [0.15, 0.2) is 0 Å². The van der Waals surface area contributed by atoms with Gasteiger partial charge in [0, 0.05) is 5.02 Å². The van der Waals surface area contributed by atoms with Gasteiger partial charge in [-0.1, -0.05) is 51.4 Å². The molecule has 0 fully saturated rings. The molecule has 2 atom stereocenters. The maximum atomic E-state index is 12.5. The lowest BCUT2D eigenvalue weighted by molar-refractivity contribution is -0.143. The van der Waals surface area contributed by atoms with E-state index in [0.717, 1.165) is 5.56 Å². The number of carbonyl (C=O) groups is 2. The van der Waals surface area contributed by atoms with Crippen molar-refractivity contribution in [3.8, 4) is 0 Å². The molecule has 2 N–H and O–H groups in total. The average Bonchev–Trinajstić information content (AvgIpc) is 2.37. The van der Waals surface area contributed by atoms with Crippen LogP contribution in [-0.2, 0) is 9.59 Å². The Kier molecular flexibility index (Phi) is 6.21. The van der Waals surface area contributed by atoms with Crippen LogP contribution in [0.2, 0.25) is 5.02 Å². The molecule has 0 saturated heterocycles. The topological polar surface area (TPSA) is 66.4 Å². The number of nitrogens with one attached hydrogen (secondary N) is 1. The zero-order valence-electron chi connectivity index (χ0n) is 12.8. The first-order valence-corrected chi connectivity index (χ1v) is 7.40. The lowest BCUT2D eigenvalue weighted by Gasteiger charge is -2.25. The van der Waals surface area contributed by atoms with E-state index in [1.54, 1.807) is 38.1 Å². The average molecular weight is 312 g/mol. The summed E-state index contributed by atoms with van der Waals surface area (Å²) in [4.78, 5) is 23.7. The second-order valence-corrected chi connectivity index (χ2v) is 6.28. The maximum absolute atomic E-state index is 12.5. The van der Waals surface area contributed by atoms with Crippen molar-refractivity contribution in [2.24, 2.45) is 11.8 Å². The molecule has 1 rings (SSSR count). The number of amides is 1. The van der Waals surface area contributed by atoms with E-state index in [9.17, 15) is 14.7 Å². The van der Waals surface area contributed by atoms with Gasteiger partial charge in [-0.2, -0.15) is 0 Å². The van der Waals surface area contributed by atoms with Crippen molar-refractivity contribution >= 4 is 23.5 Å². The number of aliphatic carboxylic acids is 1. The summed E-state index contributed by atoms with van der Waals surface area (Å²) in [5, 5.41) is 12.4. The second kappa shape index (κ2) is 7.46. The largest absolute Gasteiger partial charge is 0.480 e. The fraction of sp³-hybridized carbons (Fsp3) is 0.500. The molecular formula is C16H22ClNO3. The zero-order valence-corrected chi connectivity index (χ0v) is 13.5. The molecule has 116 valence electrons. The first-order valence-electron chi connectivity index (χ1n) is 7.02. The second-order valence-electron chi connectivity index (χ2n) is 5.84. The third-order valence-electron chi connectivity index (χ3n) is 3.41. The Morgan fingerprint density at radius 1 is 1.05 bits per heavy atom. The molecule has 0 spiro atoms. The Balaban J connectivity index is 2.98. The lowest BCUT2D eigenvalue weighted by atomic mass is 9.87.